The number of piperidine rings is 1. The molecule has 1 N–H and O–H groups in total. The number of ether oxygens (including phenoxy) is 1. The molecule has 2 heterocycles. The third kappa shape index (κ3) is 5.45. The first-order valence-corrected chi connectivity index (χ1v) is 9.48. The van der Waals surface area contributed by atoms with Crippen molar-refractivity contribution in [3.63, 3.8) is 0 Å². The van der Waals surface area contributed by atoms with Crippen molar-refractivity contribution in [2.24, 2.45) is 0 Å². The highest BCUT2D eigenvalue weighted by Crippen LogP contribution is 2.31. The summed E-state index contributed by atoms with van der Waals surface area (Å²) in [6.07, 6.45) is 4.24. The van der Waals surface area contributed by atoms with Crippen LogP contribution in [0.15, 0.2) is 48.1 Å². The molecule has 1 amide bonds. The molecular weight excluding hydrogens is 379 g/mol. The van der Waals surface area contributed by atoms with Crippen LogP contribution in [0.4, 0.5) is 16.0 Å². The molecule has 1 aromatic heterocycles. The number of amides is 1. The monoisotopic (exact) mass is 404 g/mol. The van der Waals surface area contributed by atoms with E-state index in [-0.39, 0.29) is 23.6 Å². The second kappa shape index (κ2) is 10.1. The zero-order chi connectivity index (χ0) is 19.2. The molecule has 1 aliphatic heterocycles. The van der Waals surface area contributed by atoms with Crippen LogP contribution in [0.1, 0.15) is 20.3 Å². The average Bonchev–Trinajstić information content (AvgIpc) is 2.70. The van der Waals surface area contributed by atoms with E-state index in [0.717, 1.165) is 24.7 Å². The highest BCUT2D eigenvalue weighted by molar-refractivity contribution is 7.99. The zero-order valence-electron chi connectivity index (χ0n) is 15.0. The van der Waals surface area contributed by atoms with Gasteiger partial charge in [0.05, 0.1) is 13.3 Å². The Morgan fingerprint density at radius 1 is 1.50 bits per heavy atom. The number of thioether (sulfide) groups is 1. The van der Waals surface area contributed by atoms with Crippen molar-refractivity contribution in [3.05, 3.63) is 48.9 Å². The Balaban J connectivity index is 0.00000280. The SMILES string of the molecule is C.C=CC(=O)N1CCC[C@@H](Sc2nc(Nc3cccc(OC)c3)ncc2F)C1. The molecule has 1 aliphatic rings. The predicted octanol–water partition coefficient (Wildman–Crippen LogP) is 4.27. The van der Waals surface area contributed by atoms with Crippen LogP contribution in [0, 0.1) is 5.82 Å². The molecule has 0 saturated carbocycles. The van der Waals surface area contributed by atoms with Crippen LogP contribution in [0.3, 0.4) is 0 Å². The Hall–Kier alpha value is -2.61. The number of halogens is 1. The van der Waals surface area contributed by atoms with Gasteiger partial charge in [0, 0.05) is 30.1 Å². The maximum absolute atomic E-state index is 14.2. The van der Waals surface area contributed by atoms with E-state index >= 15 is 0 Å². The van der Waals surface area contributed by atoms with Crippen molar-refractivity contribution in [3.8, 4) is 5.75 Å². The number of nitrogens with one attached hydrogen (secondary N) is 1. The van der Waals surface area contributed by atoms with Crippen LogP contribution in [-0.2, 0) is 4.79 Å². The first-order chi connectivity index (χ1) is 13.1. The number of likely N-dealkylation sites (tertiary alicyclic amines) is 1. The fraction of sp³-hybridized carbons (Fsp3) is 0.350. The lowest BCUT2D eigenvalue weighted by molar-refractivity contribution is -0.126. The molecule has 0 unspecified atom stereocenters. The van der Waals surface area contributed by atoms with Crippen molar-refractivity contribution in [1.29, 1.82) is 0 Å². The van der Waals surface area contributed by atoms with Gasteiger partial charge >= 0.3 is 0 Å². The highest BCUT2D eigenvalue weighted by atomic mass is 32.2. The number of benzene rings is 1. The number of nitrogens with zero attached hydrogens (tertiary/aromatic N) is 3. The maximum Gasteiger partial charge on any atom is 0.245 e. The van der Waals surface area contributed by atoms with E-state index < -0.39 is 5.82 Å². The lowest BCUT2D eigenvalue weighted by Crippen LogP contribution is -2.40. The molecule has 0 radical (unpaired) electrons. The molecule has 28 heavy (non-hydrogen) atoms. The molecule has 2 aromatic rings. The molecule has 1 atom stereocenters. The lowest BCUT2D eigenvalue weighted by atomic mass is 10.1. The maximum atomic E-state index is 14.2. The number of methoxy groups -OCH3 is 1. The fourth-order valence-electron chi connectivity index (χ4n) is 2.85. The fourth-order valence-corrected chi connectivity index (χ4v) is 4.01. The third-order valence-electron chi connectivity index (χ3n) is 4.18. The van der Waals surface area contributed by atoms with Gasteiger partial charge in [-0.1, -0.05) is 31.8 Å². The number of aromatic nitrogens is 2. The Labute approximate surface area is 169 Å². The molecule has 150 valence electrons. The summed E-state index contributed by atoms with van der Waals surface area (Å²) in [5, 5.41) is 3.41. The minimum atomic E-state index is -0.469. The van der Waals surface area contributed by atoms with Gasteiger partial charge in [0.2, 0.25) is 11.9 Å². The second-order valence-corrected chi connectivity index (χ2v) is 7.36. The minimum absolute atomic E-state index is 0. The van der Waals surface area contributed by atoms with Crippen LogP contribution in [0.2, 0.25) is 0 Å². The minimum Gasteiger partial charge on any atom is -0.497 e. The van der Waals surface area contributed by atoms with Gasteiger partial charge in [0.1, 0.15) is 10.8 Å². The van der Waals surface area contributed by atoms with E-state index in [2.05, 4.69) is 21.9 Å². The second-order valence-electron chi connectivity index (χ2n) is 6.07. The van der Waals surface area contributed by atoms with Gasteiger partial charge in [-0.15, -0.1) is 0 Å². The zero-order valence-corrected chi connectivity index (χ0v) is 15.8. The van der Waals surface area contributed by atoms with Crippen LogP contribution >= 0.6 is 11.8 Å². The summed E-state index contributed by atoms with van der Waals surface area (Å²) in [7, 11) is 1.59. The summed E-state index contributed by atoms with van der Waals surface area (Å²) in [5.74, 6) is 0.445. The Bertz CT molecular complexity index is 834. The highest BCUT2D eigenvalue weighted by Gasteiger charge is 2.24. The van der Waals surface area contributed by atoms with Gasteiger partial charge in [0.25, 0.3) is 0 Å². The molecular formula is C20H25FN4O2S. The van der Waals surface area contributed by atoms with E-state index in [1.165, 1.54) is 17.8 Å². The smallest absolute Gasteiger partial charge is 0.245 e. The van der Waals surface area contributed by atoms with Gasteiger partial charge < -0.3 is 15.0 Å². The van der Waals surface area contributed by atoms with Crippen molar-refractivity contribution in [2.45, 2.75) is 30.5 Å². The van der Waals surface area contributed by atoms with E-state index in [9.17, 15) is 9.18 Å². The van der Waals surface area contributed by atoms with Crippen LogP contribution in [-0.4, -0.2) is 46.2 Å². The molecule has 6 nitrogen and oxygen atoms in total. The van der Waals surface area contributed by atoms with Gasteiger partial charge in [-0.25, -0.2) is 14.4 Å². The Kier molecular flexibility index (Phi) is 7.80. The molecule has 1 fully saturated rings. The summed E-state index contributed by atoms with van der Waals surface area (Å²) >= 11 is 1.34. The summed E-state index contributed by atoms with van der Waals surface area (Å²) in [4.78, 5) is 21.9. The van der Waals surface area contributed by atoms with E-state index in [1.807, 2.05) is 18.2 Å². The number of anilines is 2. The van der Waals surface area contributed by atoms with Gasteiger partial charge in [-0.2, -0.15) is 0 Å². The third-order valence-corrected chi connectivity index (χ3v) is 5.41. The molecule has 1 aromatic carbocycles. The largest absolute Gasteiger partial charge is 0.497 e. The topological polar surface area (TPSA) is 67.4 Å². The van der Waals surface area contributed by atoms with Crippen molar-refractivity contribution in [1.82, 2.24) is 14.9 Å². The number of carbonyl (C=O) groups excluding carboxylic acids is 1. The summed E-state index contributed by atoms with van der Waals surface area (Å²) in [6.45, 7) is 4.79. The van der Waals surface area contributed by atoms with Gasteiger partial charge in [-0.3, -0.25) is 4.79 Å². The number of rotatable bonds is 6. The number of hydrogen-bond acceptors (Lipinski definition) is 6. The molecule has 3 rings (SSSR count). The molecule has 0 aliphatic carbocycles. The molecule has 0 spiro atoms. The van der Waals surface area contributed by atoms with Crippen molar-refractivity contribution in [2.75, 3.05) is 25.5 Å². The van der Waals surface area contributed by atoms with Crippen LogP contribution < -0.4 is 10.1 Å². The molecule has 1 saturated heterocycles. The van der Waals surface area contributed by atoms with Crippen molar-refractivity contribution >= 4 is 29.3 Å². The quantitative estimate of drug-likeness (QED) is 0.573. The molecule has 0 bridgehead atoms. The van der Waals surface area contributed by atoms with Gasteiger partial charge in [-0.05, 0) is 31.1 Å². The van der Waals surface area contributed by atoms with E-state index in [4.69, 9.17) is 4.74 Å². The normalized spacial score (nSPS) is 16.1. The number of carbonyl (C=O) groups is 1. The Morgan fingerprint density at radius 2 is 2.32 bits per heavy atom. The lowest BCUT2D eigenvalue weighted by Gasteiger charge is -2.31. The summed E-state index contributed by atoms with van der Waals surface area (Å²) in [5.41, 5.74) is 0.748. The van der Waals surface area contributed by atoms with E-state index in [0.29, 0.717) is 24.8 Å². The van der Waals surface area contributed by atoms with Crippen molar-refractivity contribution < 1.29 is 13.9 Å². The van der Waals surface area contributed by atoms with Crippen LogP contribution in [0.5, 0.6) is 5.75 Å². The Morgan fingerprint density at radius 3 is 3.07 bits per heavy atom. The summed E-state index contributed by atoms with van der Waals surface area (Å²) < 4.78 is 19.4. The summed E-state index contributed by atoms with van der Waals surface area (Å²) in [6, 6.07) is 7.33. The standard InChI is InChI=1S/C19H21FN4O2S.CH4/c1-3-17(25)24-9-5-8-15(12-24)27-18-16(20)11-21-19(23-18)22-13-6-4-7-14(10-13)26-2;/h3-4,6-7,10-11,15H,1,5,8-9,12H2,2H3,(H,21,22,23);1H4/t15-;/m1./s1. The molecule has 8 heteroatoms. The van der Waals surface area contributed by atoms with Crippen LogP contribution in [0.25, 0.3) is 0 Å². The predicted molar refractivity (Wildman–Crippen MR) is 111 cm³/mol. The average molecular weight is 405 g/mol. The first kappa shape index (κ1) is 21.7. The van der Waals surface area contributed by atoms with E-state index in [1.54, 1.807) is 18.1 Å². The van der Waals surface area contributed by atoms with Gasteiger partial charge in [0.15, 0.2) is 5.82 Å². The number of hydrogen-bond donors (Lipinski definition) is 1. The first-order valence-electron chi connectivity index (χ1n) is 8.60.